The third kappa shape index (κ3) is 2.61. The molecule has 3 rings (SSSR count). The van der Waals surface area contributed by atoms with Crippen LogP contribution in [-0.4, -0.2) is 0 Å². The fourth-order valence-corrected chi connectivity index (χ4v) is 3.39. The lowest BCUT2D eigenvalue weighted by Gasteiger charge is -2.24. The first-order chi connectivity index (χ1) is 9.54. The third-order valence-electron chi connectivity index (χ3n) is 3.72. The van der Waals surface area contributed by atoms with Crippen molar-refractivity contribution in [2.24, 2.45) is 0 Å². The summed E-state index contributed by atoms with van der Waals surface area (Å²) in [5.41, 5.74) is 4.78. The van der Waals surface area contributed by atoms with Crippen LogP contribution in [-0.2, 0) is 0 Å². The van der Waals surface area contributed by atoms with Crippen LogP contribution in [0.1, 0.15) is 36.0 Å². The molecule has 0 radical (unpaired) electrons. The van der Waals surface area contributed by atoms with Gasteiger partial charge < -0.3 is 0 Å². The average Bonchev–Trinajstić information content (AvgIpc) is 2.40. The zero-order valence-electron chi connectivity index (χ0n) is 11.0. The fraction of sp³-hybridized carbons (Fsp3) is 0.176. The minimum atomic E-state index is 0.400. The second kappa shape index (κ2) is 5.44. The molecule has 102 valence electrons. The highest BCUT2D eigenvalue weighted by Crippen LogP contribution is 2.41. The molecule has 0 bridgehead atoms. The van der Waals surface area contributed by atoms with Crippen LogP contribution >= 0.6 is 34.8 Å². The Kier molecular flexibility index (Phi) is 3.81. The van der Waals surface area contributed by atoms with Gasteiger partial charge in [-0.1, -0.05) is 53.9 Å². The molecule has 0 saturated heterocycles. The van der Waals surface area contributed by atoms with Gasteiger partial charge in [0.2, 0.25) is 0 Å². The van der Waals surface area contributed by atoms with Crippen molar-refractivity contribution in [3.05, 3.63) is 68.2 Å². The number of hydrogen-bond donors (Lipinski definition) is 0. The third-order valence-corrected chi connectivity index (χ3v) is 4.50. The first-order valence-corrected chi connectivity index (χ1v) is 7.63. The molecule has 0 N–H and O–H groups in total. The minimum Gasteiger partial charge on any atom is -0.0843 e. The monoisotopic (exact) mass is 322 g/mol. The van der Waals surface area contributed by atoms with E-state index in [4.69, 9.17) is 34.8 Å². The maximum atomic E-state index is 6.34. The molecule has 0 fully saturated rings. The number of allylic oxidation sites excluding steroid dienone is 1. The van der Waals surface area contributed by atoms with Gasteiger partial charge in [-0.2, -0.15) is 0 Å². The second-order valence-corrected chi connectivity index (χ2v) is 6.45. The lowest BCUT2D eigenvalue weighted by Crippen LogP contribution is -2.04. The molecule has 0 unspecified atom stereocenters. The van der Waals surface area contributed by atoms with Crippen LogP contribution < -0.4 is 0 Å². The zero-order valence-corrected chi connectivity index (χ0v) is 13.2. The largest absolute Gasteiger partial charge is 0.0843 e. The first kappa shape index (κ1) is 14.0. The summed E-state index contributed by atoms with van der Waals surface area (Å²) in [5.74, 6) is 0.400. The first-order valence-electron chi connectivity index (χ1n) is 6.50. The fourth-order valence-electron chi connectivity index (χ4n) is 2.70. The Labute approximate surface area is 134 Å². The van der Waals surface area contributed by atoms with Gasteiger partial charge in [0.25, 0.3) is 0 Å². The van der Waals surface area contributed by atoms with Crippen molar-refractivity contribution in [3.8, 4) is 0 Å². The molecule has 1 atom stereocenters. The van der Waals surface area contributed by atoms with Gasteiger partial charge in [0, 0.05) is 15.1 Å². The Balaban J connectivity index is 2.11. The molecule has 2 aromatic carbocycles. The predicted molar refractivity (Wildman–Crippen MR) is 88.8 cm³/mol. The molecular weight excluding hydrogens is 311 g/mol. The van der Waals surface area contributed by atoms with Crippen molar-refractivity contribution in [2.45, 2.75) is 19.3 Å². The highest BCUT2D eigenvalue weighted by atomic mass is 35.5. The topological polar surface area (TPSA) is 0 Å². The van der Waals surface area contributed by atoms with E-state index >= 15 is 0 Å². The standard InChI is InChI=1S/C17H13Cl3/c1-10-6-12(11-2-4-13(18)5-3-11)7-16-15(10)8-14(19)9-17(16)20/h2-5,7-10H,6H2,1H3/t10-/m1/s1. The Bertz CT molecular complexity index is 684. The predicted octanol–water partition coefficient (Wildman–Crippen LogP) is 6.69. The van der Waals surface area contributed by atoms with Gasteiger partial charge in [-0.3, -0.25) is 0 Å². The van der Waals surface area contributed by atoms with E-state index in [2.05, 4.69) is 25.1 Å². The molecule has 0 nitrogen and oxygen atoms in total. The van der Waals surface area contributed by atoms with Crippen molar-refractivity contribution in [1.82, 2.24) is 0 Å². The smallest absolute Gasteiger partial charge is 0.0496 e. The van der Waals surface area contributed by atoms with Gasteiger partial charge in [0.15, 0.2) is 0 Å². The van der Waals surface area contributed by atoms with E-state index < -0.39 is 0 Å². The van der Waals surface area contributed by atoms with Crippen molar-refractivity contribution < 1.29 is 0 Å². The summed E-state index contributed by atoms with van der Waals surface area (Å²) in [5, 5.41) is 2.16. The van der Waals surface area contributed by atoms with Crippen LogP contribution in [0.25, 0.3) is 11.6 Å². The summed E-state index contributed by atoms with van der Waals surface area (Å²) in [6.07, 6.45) is 3.14. The second-order valence-electron chi connectivity index (χ2n) is 5.17. The Hall–Kier alpha value is -0.950. The molecule has 2 aromatic rings. The van der Waals surface area contributed by atoms with Crippen molar-refractivity contribution in [3.63, 3.8) is 0 Å². The lowest BCUT2D eigenvalue weighted by atomic mass is 9.82. The molecule has 0 aromatic heterocycles. The molecule has 0 heterocycles. The molecule has 0 amide bonds. The van der Waals surface area contributed by atoms with Crippen LogP contribution in [0.15, 0.2) is 36.4 Å². The normalized spacial score (nSPS) is 17.6. The number of rotatable bonds is 1. The summed E-state index contributed by atoms with van der Waals surface area (Å²) in [6, 6.07) is 11.8. The van der Waals surface area contributed by atoms with E-state index in [9.17, 15) is 0 Å². The van der Waals surface area contributed by atoms with Gasteiger partial charge >= 0.3 is 0 Å². The highest BCUT2D eigenvalue weighted by molar-refractivity contribution is 6.36. The van der Waals surface area contributed by atoms with Crippen molar-refractivity contribution in [2.75, 3.05) is 0 Å². The summed E-state index contributed by atoms with van der Waals surface area (Å²) < 4.78 is 0. The molecule has 20 heavy (non-hydrogen) atoms. The van der Waals surface area contributed by atoms with E-state index in [1.165, 1.54) is 16.7 Å². The number of halogens is 3. The Morgan fingerprint density at radius 3 is 2.35 bits per heavy atom. The molecule has 0 spiro atoms. The van der Waals surface area contributed by atoms with Gasteiger partial charge in [-0.25, -0.2) is 0 Å². The van der Waals surface area contributed by atoms with Gasteiger partial charge in [0.05, 0.1) is 0 Å². The van der Waals surface area contributed by atoms with Gasteiger partial charge in [0.1, 0.15) is 0 Å². The van der Waals surface area contributed by atoms with Crippen molar-refractivity contribution in [1.29, 1.82) is 0 Å². The maximum Gasteiger partial charge on any atom is 0.0496 e. The van der Waals surface area contributed by atoms with E-state index in [0.717, 1.165) is 17.0 Å². The SMILES string of the molecule is C[C@@H]1CC(c2ccc(Cl)cc2)=Cc2c(Cl)cc(Cl)cc21. The zero-order chi connectivity index (χ0) is 14.3. The van der Waals surface area contributed by atoms with Gasteiger partial charge in [-0.05, 0) is 64.9 Å². The van der Waals surface area contributed by atoms with Crippen LogP contribution in [0.5, 0.6) is 0 Å². The quantitative estimate of drug-likeness (QED) is 0.548. The highest BCUT2D eigenvalue weighted by Gasteiger charge is 2.21. The average molecular weight is 324 g/mol. The summed E-state index contributed by atoms with van der Waals surface area (Å²) in [4.78, 5) is 0. The van der Waals surface area contributed by atoms with Gasteiger partial charge in [-0.15, -0.1) is 0 Å². The number of benzene rings is 2. The summed E-state index contributed by atoms with van der Waals surface area (Å²) in [6.45, 7) is 2.20. The van der Waals surface area contributed by atoms with Crippen molar-refractivity contribution >= 4 is 46.5 Å². The molecule has 0 aliphatic heterocycles. The van der Waals surface area contributed by atoms with Crippen LogP contribution in [0.2, 0.25) is 15.1 Å². The maximum absolute atomic E-state index is 6.34. The van der Waals surface area contributed by atoms with Crippen LogP contribution in [0.3, 0.4) is 0 Å². The lowest BCUT2D eigenvalue weighted by molar-refractivity contribution is 0.783. The van der Waals surface area contributed by atoms with Crippen LogP contribution in [0.4, 0.5) is 0 Å². The molecule has 1 aliphatic rings. The van der Waals surface area contributed by atoms with E-state index in [1.54, 1.807) is 6.07 Å². The van der Waals surface area contributed by atoms with E-state index in [0.29, 0.717) is 16.0 Å². The molecule has 0 saturated carbocycles. The minimum absolute atomic E-state index is 0.400. The molecular formula is C17H13Cl3. The van der Waals surface area contributed by atoms with Crippen LogP contribution in [0, 0.1) is 0 Å². The molecule has 1 aliphatic carbocycles. The van der Waals surface area contributed by atoms with E-state index in [-0.39, 0.29) is 0 Å². The number of hydrogen-bond acceptors (Lipinski definition) is 0. The Morgan fingerprint density at radius 2 is 1.65 bits per heavy atom. The summed E-state index contributed by atoms with van der Waals surface area (Å²) in [7, 11) is 0. The molecule has 3 heteroatoms. The number of fused-ring (bicyclic) bond motifs is 1. The van der Waals surface area contributed by atoms with E-state index in [1.807, 2.05) is 18.2 Å². The summed E-state index contributed by atoms with van der Waals surface area (Å²) >= 11 is 18.4. The Morgan fingerprint density at radius 1 is 0.950 bits per heavy atom.